The quantitative estimate of drug-likeness (QED) is 0.328. The fraction of sp³-hybridized carbons (Fsp3) is 0.433. The molecule has 0 saturated carbocycles. The molecule has 1 N–H and O–H groups in total. The van der Waals surface area contributed by atoms with Gasteiger partial charge in [-0.3, -0.25) is 4.90 Å². The number of fused-ring (bicyclic) bond motifs is 3. The van der Waals surface area contributed by atoms with E-state index in [2.05, 4.69) is 14.9 Å². The number of nitrogens with zero attached hydrogens (tertiary/aromatic N) is 4. The summed E-state index contributed by atoms with van der Waals surface area (Å²) in [6.45, 7) is 3.96. The third-order valence-electron chi connectivity index (χ3n) is 8.34. The van der Waals surface area contributed by atoms with E-state index >= 15 is 4.39 Å². The Labute approximate surface area is 235 Å². The Balaban J connectivity index is 1.51. The van der Waals surface area contributed by atoms with E-state index in [4.69, 9.17) is 13.9 Å². The Hall–Kier alpha value is -3.83. The molecule has 9 nitrogen and oxygen atoms in total. The normalized spacial score (nSPS) is 20.7. The molecule has 2 aliphatic rings. The van der Waals surface area contributed by atoms with Crippen LogP contribution < -0.4 is 15.3 Å². The molecular weight excluding hydrogens is 534 g/mol. The summed E-state index contributed by atoms with van der Waals surface area (Å²) in [6.07, 6.45) is 1.28. The van der Waals surface area contributed by atoms with Crippen molar-refractivity contribution in [3.05, 3.63) is 52.1 Å². The zero-order valence-corrected chi connectivity index (χ0v) is 23.2. The van der Waals surface area contributed by atoms with E-state index in [-0.39, 0.29) is 46.0 Å². The highest BCUT2D eigenvalue weighted by Crippen LogP contribution is 2.41. The van der Waals surface area contributed by atoms with Gasteiger partial charge in [-0.1, -0.05) is 12.1 Å². The summed E-state index contributed by atoms with van der Waals surface area (Å²) in [6, 6.07) is 7.39. The number of aryl methyl sites for hydroxylation is 1. The molecule has 0 radical (unpaired) electrons. The van der Waals surface area contributed by atoms with Crippen LogP contribution in [0.1, 0.15) is 24.8 Å². The van der Waals surface area contributed by atoms with Crippen LogP contribution in [0.25, 0.3) is 33.0 Å². The summed E-state index contributed by atoms with van der Waals surface area (Å²) in [5.41, 5.74) is -0.160. The molecule has 2 atom stereocenters. The molecule has 0 amide bonds. The van der Waals surface area contributed by atoms with Crippen LogP contribution in [0.4, 0.5) is 14.6 Å². The number of aromatic nitrogens is 2. The van der Waals surface area contributed by atoms with Crippen molar-refractivity contribution in [2.75, 3.05) is 51.9 Å². The van der Waals surface area contributed by atoms with Crippen LogP contribution in [0.15, 0.2) is 39.5 Å². The highest BCUT2D eigenvalue weighted by atomic mass is 19.1. The van der Waals surface area contributed by atoms with Crippen molar-refractivity contribution in [2.45, 2.75) is 37.9 Å². The van der Waals surface area contributed by atoms with Gasteiger partial charge in [-0.2, -0.15) is 9.97 Å². The molecule has 2 aromatic heterocycles. The standard InChI is InChI=1S/C30H32F2N4O5/c1-17-25-24(28(38)41-26(17)21-13-20(37)12-18-6-4-7-22(32)23(18)21)27(35(2)10-11-39-3)34-29(33-25)40-16-30-8-5-9-36(30)15-19(31)14-30/h4,6-7,12-13,19,37H,5,8-11,14-16H2,1-3H3/t19-,30+/m1/s1. The number of anilines is 1. The molecule has 2 fully saturated rings. The van der Waals surface area contributed by atoms with Crippen LogP contribution in [-0.4, -0.2) is 78.7 Å². The van der Waals surface area contributed by atoms with Crippen LogP contribution in [-0.2, 0) is 4.74 Å². The second-order valence-electron chi connectivity index (χ2n) is 11.0. The van der Waals surface area contributed by atoms with Gasteiger partial charge in [0.1, 0.15) is 35.5 Å². The molecule has 0 unspecified atom stereocenters. The van der Waals surface area contributed by atoms with Gasteiger partial charge >= 0.3 is 11.6 Å². The van der Waals surface area contributed by atoms with Gasteiger partial charge < -0.3 is 23.9 Å². The summed E-state index contributed by atoms with van der Waals surface area (Å²) in [4.78, 5) is 26.7. The molecule has 6 rings (SSSR count). The summed E-state index contributed by atoms with van der Waals surface area (Å²) in [5.74, 6) is -0.238. The maximum absolute atomic E-state index is 15.0. The summed E-state index contributed by atoms with van der Waals surface area (Å²) in [7, 11) is 3.35. The van der Waals surface area contributed by atoms with Gasteiger partial charge in [0.05, 0.1) is 17.7 Å². The Kier molecular flexibility index (Phi) is 7.03. The lowest BCUT2D eigenvalue weighted by atomic mass is 9.95. The molecule has 41 heavy (non-hydrogen) atoms. The predicted molar refractivity (Wildman–Crippen MR) is 151 cm³/mol. The molecule has 216 valence electrons. The van der Waals surface area contributed by atoms with Gasteiger partial charge in [0.25, 0.3) is 0 Å². The van der Waals surface area contributed by atoms with Crippen molar-refractivity contribution in [3.63, 3.8) is 0 Å². The molecule has 2 aliphatic heterocycles. The Morgan fingerprint density at radius 2 is 2.10 bits per heavy atom. The predicted octanol–water partition coefficient (Wildman–Crippen LogP) is 4.59. The van der Waals surface area contributed by atoms with E-state index < -0.39 is 23.2 Å². The Morgan fingerprint density at radius 1 is 1.27 bits per heavy atom. The van der Waals surface area contributed by atoms with Crippen molar-refractivity contribution in [1.29, 1.82) is 0 Å². The molecule has 0 bridgehead atoms. The number of methoxy groups -OCH3 is 1. The van der Waals surface area contributed by atoms with Crippen molar-refractivity contribution < 1.29 is 27.8 Å². The molecule has 0 spiro atoms. The fourth-order valence-electron chi connectivity index (χ4n) is 6.34. The Morgan fingerprint density at radius 3 is 2.90 bits per heavy atom. The summed E-state index contributed by atoms with van der Waals surface area (Å²) in [5, 5.41) is 11.2. The first-order valence-corrected chi connectivity index (χ1v) is 13.7. The van der Waals surface area contributed by atoms with Gasteiger partial charge in [0, 0.05) is 50.2 Å². The van der Waals surface area contributed by atoms with Gasteiger partial charge in [-0.05, 0) is 49.9 Å². The maximum atomic E-state index is 15.0. The molecule has 4 aromatic rings. The lowest BCUT2D eigenvalue weighted by molar-refractivity contribution is 0.107. The zero-order valence-electron chi connectivity index (χ0n) is 23.2. The highest BCUT2D eigenvalue weighted by molar-refractivity contribution is 6.00. The molecule has 2 aromatic carbocycles. The minimum absolute atomic E-state index is 0.0481. The monoisotopic (exact) mass is 566 g/mol. The number of alkyl halides is 1. The van der Waals surface area contributed by atoms with Crippen LogP contribution in [0, 0.1) is 12.7 Å². The molecule has 4 heterocycles. The van der Waals surface area contributed by atoms with Crippen molar-refractivity contribution in [3.8, 4) is 23.1 Å². The van der Waals surface area contributed by atoms with E-state index in [1.807, 2.05) is 0 Å². The average Bonchev–Trinajstić information content (AvgIpc) is 3.47. The Bertz CT molecular complexity index is 1700. The number of halogens is 2. The highest BCUT2D eigenvalue weighted by Gasteiger charge is 2.49. The van der Waals surface area contributed by atoms with Crippen molar-refractivity contribution in [1.82, 2.24) is 14.9 Å². The summed E-state index contributed by atoms with van der Waals surface area (Å²) >= 11 is 0. The molecule has 2 saturated heterocycles. The number of hydrogen-bond acceptors (Lipinski definition) is 9. The lowest BCUT2D eigenvalue weighted by Crippen LogP contribution is -2.43. The van der Waals surface area contributed by atoms with Gasteiger partial charge in [0.15, 0.2) is 5.82 Å². The molecule has 11 heteroatoms. The summed E-state index contributed by atoms with van der Waals surface area (Å²) < 4.78 is 46.6. The third-order valence-corrected chi connectivity index (χ3v) is 8.34. The average molecular weight is 567 g/mol. The van der Waals surface area contributed by atoms with E-state index in [0.29, 0.717) is 42.9 Å². The second-order valence-corrected chi connectivity index (χ2v) is 11.0. The largest absolute Gasteiger partial charge is 0.508 e. The number of phenolic OH excluding ortho intramolecular Hbond substituents is 1. The van der Waals surface area contributed by atoms with Gasteiger partial charge in [-0.25, -0.2) is 13.6 Å². The van der Waals surface area contributed by atoms with Crippen LogP contribution >= 0.6 is 0 Å². The number of ether oxygens (including phenoxy) is 2. The van der Waals surface area contributed by atoms with E-state index in [1.165, 1.54) is 18.2 Å². The maximum Gasteiger partial charge on any atom is 0.349 e. The zero-order chi connectivity index (χ0) is 28.9. The first-order valence-electron chi connectivity index (χ1n) is 13.7. The molecule has 0 aliphatic carbocycles. The minimum atomic E-state index is -0.904. The van der Waals surface area contributed by atoms with E-state index in [0.717, 1.165) is 19.4 Å². The van der Waals surface area contributed by atoms with Crippen LogP contribution in [0.3, 0.4) is 0 Å². The number of phenols is 1. The van der Waals surface area contributed by atoms with E-state index in [9.17, 15) is 14.3 Å². The number of aromatic hydroxyl groups is 1. The number of hydrogen-bond donors (Lipinski definition) is 1. The first-order chi connectivity index (χ1) is 19.7. The molecular formula is C30H32F2N4O5. The number of likely N-dealkylation sites (N-methyl/N-ethyl adjacent to an activating group) is 1. The van der Waals surface area contributed by atoms with Gasteiger partial charge in [0.2, 0.25) is 0 Å². The SMILES string of the molecule is COCCN(C)c1nc(OC[C@@]23CCCN2C[C@H](F)C3)nc2c(C)c(-c3cc(O)cc4cccc(F)c34)oc(=O)c12. The van der Waals surface area contributed by atoms with Crippen molar-refractivity contribution >= 4 is 27.5 Å². The lowest BCUT2D eigenvalue weighted by Gasteiger charge is -2.31. The first kappa shape index (κ1) is 27.3. The van der Waals surface area contributed by atoms with E-state index in [1.54, 1.807) is 38.1 Å². The van der Waals surface area contributed by atoms with Gasteiger partial charge in [-0.15, -0.1) is 0 Å². The number of rotatable bonds is 8. The third kappa shape index (κ3) is 4.76. The van der Waals surface area contributed by atoms with Crippen molar-refractivity contribution in [2.24, 2.45) is 0 Å². The second kappa shape index (κ2) is 10.5. The van der Waals surface area contributed by atoms with Crippen LogP contribution in [0.5, 0.6) is 11.8 Å². The number of benzene rings is 2. The smallest absolute Gasteiger partial charge is 0.349 e. The topological polar surface area (TPSA) is 101 Å². The van der Waals surface area contributed by atoms with Crippen LogP contribution in [0.2, 0.25) is 0 Å². The minimum Gasteiger partial charge on any atom is -0.508 e. The fourth-order valence-corrected chi connectivity index (χ4v) is 6.34.